The summed E-state index contributed by atoms with van der Waals surface area (Å²) in [7, 11) is 0. The molecule has 1 aromatic rings. The Morgan fingerprint density at radius 1 is 1.61 bits per heavy atom. The van der Waals surface area contributed by atoms with Crippen molar-refractivity contribution in [2.45, 2.75) is 31.6 Å². The Bertz CT molecular complexity index is 429. The summed E-state index contributed by atoms with van der Waals surface area (Å²) in [5.41, 5.74) is 0.165. The Kier molecular flexibility index (Phi) is 4.37. The predicted molar refractivity (Wildman–Crippen MR) is 70.8 cm³/mol. The number of rotatable bonds is 4. The Hall–Kier alpha value is -0.490. The zero-order chi connectivity index (χ0) is 13.2. The Morgan fingerprint density at radius 3 is 3.00 bits per heavy atom. The minimum Gasteiger partial charge on any atom is -0.386 e. The number of halogens is 2. The lowest BCUT2D eigenvalue weighted by atomic mass is 9.96. The van der Waals surface area contributed by atoms with E-state index in [9.17, 15) is 9.50 Å². The molecule has 1 fully saturated rings. The van der Waals surface area contributed by atoms with Gasteiger partial charge < -0.3 is 15.2 Å². The molecule has 0 aromatic heterocycles. The summed E-state index contributed by atoms with van der Waals surface area (Å²) >= 11 is 3.32. The van der Waals surface area contributed by atoms with Crippen LogP contribution in [0.15, 0.2) is 22.7 Å². The smallest absolute Gasteiger partial charge is 0.124 e. The minimum absolute atomic E-state index is 0.151. The highest BCUT2D eigenvalue weighted by Crippen LogP contribution is 2.25. The standard InChI is InChI=1S/C13H17BrFNO2/c1-9-13(17,4-5-18-9)8-16-7-10-2-3-11(15)6-12(10)14/h2-3,6,9,16-17H,4-5,7-8H2,1H3. The van der Waals surface area contributed by atoms with Gasteiger partial charge in [-0.05, 0) is 24.6 Å². The predicted octanol–water partition coefficient (Wildman–Crippen LogP) is 2.22. The third-order valence-corrected chi connectivity index (χ3v) is 4.16. The monoisotopic (exact) mass is 317 g/mol. The molecule has 2 unspecified atom stereocenters. The van der Waals surface area contributed by atoms with E-state index >= 15 is 0 Å². The van der Waals surface area contributed by atoms with Gasteiger partial charge in [-0.2, -0.15) is 0 Å². The van der Waals surface area contributed by atoms with Crippen molar-refractivity contribution >= 4 is 15.9 Å². The SMILES string of the molecule is CC1OCCC1(O)CNCc1ccc(F)cc1Br. The van der Waals surface area contributed by atoms with Crippen LogP contribution in [-0.4, -0.2) is 30.0 Å². The van der Waals surface area contributed by atoms with Gasteiger partial charge in [-0.25, -0.2) is 4.39 Å². The van der Waals surface area contributed by atoms with E-state index in [0.717, 1.165) is 10.0 Å². The maximum Gasteiger partial charge on any atom is 0.124 e. The molecule has 1 aliphatic heterocycles. The van der Waals surface area contributed by atoms with Crippen LogP contribution < -0.4 is 5.32 Å². The van der Waals surface area contributed by atoms with Gasteiger partial charge in [0.2, 0.25) is 0 Å². The fourth-order valence-corrected chi connectivity index (χ4v) is 2.57. The van der Waals surface area contributed by atoms with Gasteiger partial charge in [0, 0.05) is 30.6 Å². The van der Waals surface area contributed by atoms with E-state index in [4.69, 9.17) is 4.74 Å². The molecule has 1 heterocycles. The zero-order valence-electron chi connectivity index (χ0n) is 10.2. The highest BCUT2D eigenvalue weighted by atomic mass is 79.9. The van der Waals surface area contributed by atoms with Gasteiger partial charge in [-0.15, -0.1) is 0 Å². The number of aliphatic hydroxyl groups is 1. The van der Waals surface area contributed by atoms with Crippen molar-refractivity contribution in [3.63, 3.8) is 0 Å². The van der Waals surface area contributed by atoms with Crippen LogP contribution in [0.25, 0.3) is 0 Å². The van der Waals surface area contributed by atoms with Crippen LogP contribution in [-0.2, 0) is 11.3 Å². The number of nitrogens with one attached hydrogen (secondary N) is 1. The largest absolute Gasteiger partial charge is 0.386 e. The lowest BCUT2D eigenvalue weighted by molar-refractivity contribution is -0.0263. The van der Waals surface area contributed by atoms with Crippen LogP contribution in [0.3, 0.4) is 0 Å². The van der Waals surface area contributed by atoms with Crippen molar-refractivity contribution in [3.8, 4) is 0 Å². The first-order valence-electron chi connectivity index (χ1n) is 6.00. The van der Waals surface area contributed by atoms with Crippen LogP contribution in [0.5, 0.6) is 0 Å². The van der Waals surface area contributed by atoms with Crippen LogP contribution in [0.1, 0.15) is 18.9 Å². The molecule has 5 heteroatoms. The summed E-state index contributed by atoms with van der Waals surface area (Å²) in [5.74, 6) is -0.262. The van der Waals surface area contributed by atoms with Crippen molar-refractivity contribution < 1.29 is 14.2 Å². The number of ether oxygens (including phenoxy) is 1. The molecule has 2 atom stereocenters. The average Bonchev–Trinajstić information content (AvgIpc) is 2.63. The lowest BCUT2D eigenvalue weighted by Gasteiger charge is -2.26. The van der Waals surface area contributed by atoms with E-state index in [1.807, 2.05) is 6.92 Å². The second-order valence-electron chi connectivity index (χ2n) is 4.71. The molecule has 0 amide bonds. The molecule has 1 aliphatic rings. The normalized spacial score (nSPS) is 27.7. The second kappa shape index (κ2) is 5.65. The van der Waals surface area contributed by atoms with E-state index in [1.165, 1.54) is 12.1 Å². The molecule has 0 aliphatic carbocycles. The summed E-state index contributed by atoms with van der Waals surface area (Å²) in [5, 5.41) is 13.5. The fourth-order valence-electron chi connectivity index (χ4n) is 2.08. The first-order valence-corrected chi connectivity index (χ1v) is 6.79. The first kappa shape index (κ1) is 13.9. The third kappa shape index (κ3) is 3.09. The van der Waals surface area contributed by atoms with Gasteiger partial charge in [-0.1, -0.05) is 22.0 Å². The summed E-state index contributed by atoms with van der Waals surface area (Å²) in [6, 6.07) is 4.59. The van der Waals surface area contributed by atoms with E-state index < -0.39 is 5.60 Å². The maximum absolute atomic E-state index is 12.9. The Labute approximate surface area is 114 Å². The van der Waals surface area contributed by atoms with Gasteiger partial charge in [0.25, 0.3) is 0 Å². The van der Waals surface area contributed by atoms with Crippen LogP contribution in [0.2, 0.25) is 0 Å². The van der Waals surface area contributed by atoms with Gasteiger partial charge in [0.15, 0.2) is 0 Å². The molecule has 18 heavy (non-hydrogen) atoms. The van der Waals surface area contributed by atoms with Gasteiger partial charge >= 0.3 is 0 Å². The molecule has 3 nitrogen and oxygen atoms in total. The van der Waals surface area contributed by atoms with Crippen molar-refractivity contribution in [1.29, 1.82) is 0 Å². The molecular weight excluding hydrogens is 301 g/mol. The summed E-state index contributed by atoms with van der Waals surface area (Å²) in [6.45, 7) is 3.52. The average molecular weight is 318 g/mol. The van der Waals surface area contributed by atoms with Gasteiger partial charge in [-0.3, -0.25) is 0 Å². The summed E-state index contributed by atoms with van der Waals surface area (Å²) < 4.78 is 19.0. The first-order chi connectivity index (χ1) is 8.51. The van der Waals surface area contributed by atoms with E-state index in [-0.39, 0.29) is 11.9 Å². The van der Waals surface area contributed by atoms with Crippen molar-refractivity contribution in [3.05, 3.63) is 34.1 Å². The fraction of sp³-hybridized carbons (Fsp3) is 0.538. The quantitative estimate of drug-likeness (QED) is 0.894. The number of hydrogen-bond donors (Lipinski definition) is 2. The molecule has 1 aromatic carbocycles. The lowest BCUT2D eigenvalue weighted by Crippen LogP contribution is -2.45. The second-order valence-corrected chi connectivity index (χ2v) is 5.56. The molecule has 2 N–H and O–H groups in total. The number of benzene rings is 1. The molecule has 100 valence electrons. The van der Waals surface area contributed by atoms with E-state index in [2.05, 4.69) is 21.2 Å². The van der Waals surface area contributed by atoms with E-state index in [1.54, 1.807) is 6.07 Å². The van der Waals surface area contributed by atoms with Gasteiger partial charge in [0.1, 0.15) is 11.4 Å². The summed E-state index contributed by atoms with van der Waals surface area (Å²) in [4.78, 5) is 0. The highest BCUT2D eigenvalue weighted by Gasteiger charge is 2.38. The molecule has 0 bridgehead atoms. The molecule has 0 spiro atoms. The van der Waals surface area contributed by atoms with Crippen molar-refractivity contribution in [2.75, 3.05) is 13.2 Å². The van der Waals surface area contributed by atoms with Crippen molar-refractivity contribution in [1.82, 2.24) is 5.32 Å². The third-order valence-electron chi connectivity index (χ3n) is 3.42. The zero-order valence-corrected chi connectivity index (χ0v) is 11.8. The number of hydrogen-bond acceptors (Lipinski definition) is 3. The van der Waals surface area contributed by atoms with Gasteiger partial charge in [0.05, 0.1) is 6.10 Å². The molecular formula is C13H17BrFNO2. The Morgan fingerprint density at radius 2 is 2.39 bits per heavy atom. The van der Waals surface area contributed by atoms with Crippen LogP contribution in [0, 0.1) is 5.82 Å². The topological polar surface area (TPSA) is 41.5 Å². The maximum atomic E-state index is 12.9. The summed E-state index contributed by atoms with van der Waals surface area (Å²) in [6.07, 6.45) is 0.493. The molecule has 0 saturated carbocycles. The van der Waals surface area contributed by atoms with Crippen LogP contribution in [0.4, 0.5) is 4.39 Å². The molecule has 2 rings (SSSR count). The van der Waals surface area contributed by atoms with Crippen molar-refractivity contribution in [2.24, 2.45) is 0 Å². The molecule has 1 saturated heterocycles. The highest BCUT2D eigenvalue weighted by molar-refractivity contribution is 9.10. The Balaban J connectivity index is 1.88. The molecule has 0 radical (unpaired) electrons. The minimum atomic E-state index is -0.799. The van der Waals surface area contributed by atoms with Crippen LogP contribution >= 0.6 is 15.9 Å². The van der Waals surface area contributed by atoms with E-state index in [0.29, 0.717) is 26.1 Å².